The molecule has 2 aromatic rings. The molecule has 2 aromatic heterocycles. The van der Waals surface area contributed by atoms with E-state index in [9.17, 15) is 14.0 Å². The number of halogens is 1. The predicted molar refractivity (Wildman–Crippen MR) is 120 cm³/mol. The van der Waals surface area contributed by atoms with Gasteiger partial charge in [0.15, 0.2) is 0 Å². The number of piperidine rings is 1. The molecule has 0 bridgehead atoms. The average molecular weight is 471 g/mol. The highest BCUT2D eigenvalue weighted by atomic mass is 19.1. The van der Waals surface area contributed by atoms with Crippen molar-refractivity contribution in [3.63, 3.8) is 0 Å². The second-order valence-corrected chi connectivity index (χ2v) is 10.3. The molecular formula is C24H31FN6O3. The third kappa shape index (κ3) is 4.82. The van der Waals surface area contributed by atoms with E-state index in [2.05, 4.69) is 25.4 Å². The maximum Gasteiger partial charge on any atom is 0.272 e. The van der Waals surface area contributed by atoms with Crippen LogP contribution in [0.3, 0.4) is 0 Å². The Kier molecular flexibility index (Phi) is 6.09. The molecule has 0 radical (unpaired) electrons. The number of nitrogens with one attached hydrogen (secondary N) is 1. The first-order chi connectivity index (χ1) is 16.3. The zero-order chi connectivity index (χ0) is 23.9. The van der Waals surface area contributed by atoms with Crippen LogP contribution in [0.1, 0.15) is 80.2 Å². The van der Waals surface area contributed by atoms with Gasteiger partial charge in [0.05, 0.1) is 18.8 Å². The molecule has 4 heterocycles. The van der Waals surface area contributed by atoms with Gasteiger partial charge in [-0.3, -0.25) is 14.5 Å². The summed E-state index contributed by atoms with van der Waals surface area (Å²) in [6.45, 7) is 6.24. The molecule has 2 saturated heterocycles. The van der Waals surface area contributed by atoms with Crippen LogP contribution in [0.5, 0.6) is 0 Å². The summed E-state index contributed by atoms with van der Waals surface area (Å²) in [6.07, 6.45) is 5.59. The van der Waals surface area contributed by atoms with Crippen molar-refractivity contribution in [1.82, 2.24) is 30.3 Å². The van der Waals surface area contributed by atoms with E-state index in [1.807, 2.05) is 13.8 Å². The quantitative estimate of drug-likeness (QED) is 0.692. The Morgan fingerprint density at radius 1 is 1.24 bits per heavy atom. The lowest BCUT2D eigenvalue weighted by molar-refractivity contribution is -0.122. The lowest BCUT2D eigenvalue weighted by Gasteiger charge is -2.39. The Hall–Kier alpha value is -2.88. The molecule has 0 aromatic carbocycles. The van der Waals surface area contributed by atoms with Crippen LogP contribution >= 0.6 is 0 Å². The highest BCUT2D eigenvalue weighted by molar-refractivity contribution is 5.92. The second kappa shape index (κ2) is 9.05. The zero-order valence-electron chi connectivity index (χ0n) is 19.7. The minimum atomic E-state index is -0.460. The van der Waals surface area contributed by atoms with Crippen molar-refractivity contribution in [2.45, 2.75) is 64.0 Å². The standard InChI is InChI=1S/C24H31FN6O3/c1-15(2)21-28-29-22(34-21)19-11-24(14-31(19)13-20(32)27-17-4-5-17)7-9-30(10-8-24)23(33)18-6-3-16(25)12-26-18/h3,6,12,15,17,19H,4-5,7-11,13-14H2,1-2H3,(H,27,32). The number of nitrogens with zero attached hydrogens (tertiary/aromatic N) is 5. The van der Waals surface area contributed by atoms with E-state index in [1.165, 1.54) is 12.1 Å². The van der Waals surface area contributed by atoms with Gasteiger partial charge in [-0.1, -0.05) is 13.8 Å². The van der Waals surface area contributed by atoms with Gasteiger partial charge in [0.1, 0.15) is 11.5 Å². The summed E-state index contributed by atoms with van der Waals surface area (Å²) < 4.78 is 19.2. The van der Waals surface area contributed by atoms with Crippen LogP contribution in [0, 0.1) is 11.2 Å². The molecule has 3 aliphatic rings. The van der Waals surface area contributed by atoms with Crippen LogP contribution < -0.4 is 5.32 Å². The van der Waals surface area contributed by atoms with Gasteiger partial charge >= 0.3 is 0 Å². The number of carbonyl (C=O) groups is 2. The summed E-state index contributed by atoms with van der Waals surface area (Å²) in [5, 5.41) is 11.6. The number of carbonyl (C=O) groups excluding carboxylic acids is 2. The summed E-state index contributed by atoms with van der Waals surface area (Å²) in [6, 6.07) is 2.88. The summed E-state index contributed by atoms with van der Waals surface area (Å²) in [5.41, 5.74) is 0.219. The molecule has 1 atom stereocenters. The van der Waals surface area contributed by atoms with Crippen molar-refractivity contribution in [3.8, 4) is 0 Å². The number of rotatable bonds is 6. The summed E-state index contributed by atoms with van der Waals surface area (Å²) in [5.74, 6) is 0.696. The maximum atomic E-state index is 13.2. The van der Waals surface area contributed by atoms with Gasteiger partial charge in [-0.2, -0.15) is 0 Å². The minimum absolute atomic E-state index is 0.0307. The molecule has 3 fully saturated rings. The maximum absolute atomic E-state index is 13.2. The van der Waals surface area contributed by atoms with Gasteiger partial charge in [0.2, 0.25) is 17.7 Å². The van der Waals surface area contributed by atoms with Crippen molar-refractivity contribution >= 4 is 11.8 Å². The van der Waals surface area contributed by atoms with Crippen molar-refractivity contribution in [2.24, 2.45) is 5.41 Å². The molecule has 9 nitrogen and oxygen atoms in total. The zero-order valence-corrected chi connectivity index (χ0v) is 19.7. The third-order valence-corrected chi connectivity index (χ3v) is 7.19. The lowest BCUT2D eigenvalue weighted by atomic mass is 9.76. The van der Waals surface area contributed by atoms with Crippen LogP contribution in [0.25, 0.3) is 0 Å². The average Bonchev–Trinajstić information content (AvgIpc) is 3.36. The number of aromatic nitrogens is 3. The molecule has 10 heteroatoms. The van der Waals surface area contributed by atoms with E-state index < -0.39 is 5.82 Å². The Bertz CT molecular complexity index is 1040. The molecule has 2 aliphatic heterocycles. The smallest absolute Gasteiger partial charge is 0.272 e. The third-order valence-electron chi connectivity index (χ3n) is 7.19. The van der Waals surface area contributed by atoms with E-state index in [0.29, 0.717) is 37.5 Å². The molecule has 1 N–H and O–H groups in total. The van der Waals surface area contributed by atoms with E-state index in [0.717, 1.165) is 44.8 Å². The van der Waals surface area contributed by atoms with E-state index in [1.54, 1.807) is 4.90 Å². The van der Waals surface area contributed by atoms with Crippen LogP contribution in [0.2, 0.25) is 0 Å². The fraction of sp³-hybridized carbons (Fsp3) is 0.625. The first-order valence-corrected chi connectivity index (χ1v) is 12.1. The van der Waals surface area contributed by atoms with E-state index in [-0.39, 0.29) is 34.9 Å². The highest BCUT2D eigenvalue weighted by Gasteiger charge is 2.49. The summed E-state index contributed by atoms with van der Waals surface area (Å²) >= 11 is 0. The van der Waals surface area contributed by atoms with Crippen molar-refractivity contribution in [1.29, 1.82) is 0 Å². The second-order valence-electron chi connectivity index (χ2n) is 10.3. The number of hydrogen-bond acceptors (Lipinski definition) is 7. The SMILES string of the molecule is CC(C)c1nnc(C2CC3(CCN(C(=O)c4ccc(F)cn4)CC3)CN2CC(=O)NC2CC2)o1. The Morgan fingerprint density at radius 3 is 2.62 bits per heavy atom. The summed E-state index contributed by atoms with van der Waals surface area (Å²) in [7, 11) is 0. The largest absolute Gasteiger partial charge is 0.423 e. The Balaban J connectivity index is 1.29. The number of pyridine rings is 1. The predicted octanol–water partition coefficient (Wildman–Crippen LogP) is 2.68. The highest BCUT2D eigenvalue weighted by Crippen LogP contribution is 2.48. The van der Waals surface area contributed by atoms with Crippen molar-refractivity contribution in [3.05, 3.63) is 41.6 Å². The molecule has 2 amide bonds. The molecule has 1 unspecified atom stereocenters. The molecule has 1 spiro atoms. The molecular weight excluding hydrogens is 439 g/mol. The number of likely N-dealkylation sites (tertiary alicyclic amines) is 2. The van der Waals surface area contributed by atoms with Crippen LogP contribution in [-0.2, 0) is 4.79 Å². The first-order valence-electron chi connectivity index (χ1n) is 12.1. The molecule has 34 heavy (non-hydrogen) atoms. The fourth-order valence-corrected chi connectivity index (χ4v) is 5.07. The van der Waals surface area contributed by atoms with Crippen LogP contribution in [0.15, 0.2) is 22.7 Å². The number of hydrogen-bond donors (Lipinski definition) is 1. The van der Waals surface area contributed by atoms with Gasteiger partial charge in [-0.05, 0) is 49.7 Å². The Morgan fingerprint density at radius 2 is 2.00 bits per heavy atom. The van der Waals surface area contributed by atoms with Crippen LogP contribution in [-0.4, -0.2) is 69.0 Å². The van der Waals surface area contributed by atoms with Gasteiger partial charge < -0.3 is 14.6 Å². The van der Waals surface area contributed by atoms with Gasteiger partial charge in [0.25, 0.3) is 5.91 Å². The van der Waals surface area contributed by atoms with Crippen molar-refractivity contribution < 1.29 is 18.4 Å². The normalized spacial score (nSPS) is 22.5. The Labute approximate surface area is 198 Å². The minimum Gasteiger partial charge on any atom is -0.423 e. The topological polar surface area (TPSA) is 104 Å². The van der Waals surface area contributed by atoms with Gasteiger partial charge in [-0.15, -0.1) is 10.2 Å². The number of amides is 2. The molecule has 1 saturated carbocycles. The van der Waals surface area contributed by atoms with Gasteiger partial charge in [0, 0.05) is 31.6 Å². The van der Waals surface area contributed by atoms with Gasteiger partial charge in [-0.25, -0.2) is 9.37 Å². The molecule has 182 valence electrons. The molecule has 5 rings (SSSR count). The lowest BCUT2D eigenvalue weighted by Crippen LogP contribution is -2.45. The van der Waals surface area contributed by atoms with Crippen LogP contribution in [0.4, 0.5) is 4.39 Å². The van der Waals surface area contributed by atoms with Crippen molar-refractivity contribution in [2.75, 3.05) is 26.2 Å². The fourth-order valence-electron chi connectivity index (χ4n) is 5.07. The monoisotopic (exact) mass is 470 g/mol. The first kappa shape index (κ1) is 22.9. The van der Waals surface area contributed by atoms with E-state index >= 15 is 0 Å². The summed E-state index contributed by atoms with van der Waals surface area (Å²) in [4.78, 5) is 33.3. The molecule has 1 aliphatic carbocycles. The van der Waals surface area contributed by atoms with E-state index in [4.69, 9.17) is 4.42 Å².